The lowest BCUT2D eigenvalue weighted by atomic mass is 9.86. The average molecular weight is 495 g/mol. The number of aliphatic hydroxyl groups excluding tert-OH is 1. The number of alkyl carbamates (subject to hydrolysis) is 1. The SMILES string of the molecule is CC(C)OC(=O)NC1CCC(c2ncc(-c3ccc(N)cc3S(=O)NC(C)(C)CO)s2)CC1. The summed E-state index contributed by atoms with van der Waals surface area (Å²) >= 11 is 1.60. The number of nitrogens with zero attached hydrogens (tertiary/aromatic N) is 1. The normalized spacial score (nSPS) is 19.9. The van der Waals surface area contributed by atoms with Crippen molar-refractivity contribution in [3.05, 3.63) is 29.4 Å². The fraction of sp³-hybridized carbons (Fsp3) is 0.565. The van der Waals surface area contributed by atoms with E-state index in [1.54, 1.807) is 37.3 Å². The number of amides is 1. The van der Waals surface area contributed by atoms with Gasteiger partial charge in [-0.25, -0.2) is 18.7 Å². The molecule has 10 heteroatoms. The van der Waals surface area contributed by atoms with Crippen LogP contribution in [0.15, 0.2) is 29.3 Å². The highest BCUT2D eigenvalue weighted by molar-refractivity contribution is 7.83. The first-order chi connectivity index (χ1) is 15.6. The van der Waals surface area contributed by atoms with Crippen LogP contribution >= 0.6 is 11.3 Å². The Labute approximate surface area is 201 Å². The Morgan fingerprint density at radius 2 is 2.03 bits per heavy atom. The standard InChI is InChI=1S/C23H34N4O4S2/c1-14(2)31-22(29)26-17-8-5-15(6-9-17)21-25-12-19(32-21)18-10-7-16(24)11-20(18)33(30)27-23(3,4)13-28/h7,10-12,14-15,17,27-28H,5-6,8-9,13,24H2,1-4H3,(H,26,29). The summed E-state index contributed by atoms with van der Waals surface area (Å²) in [5, 5.41) is 13.5. The van der Waals surface area contributed by atoms with Crippen molar-refractivity contribution in [1.29, 1.82) is 0 Å². The number of benzene rings is 1. The third kappa shape index (κ3) is 6.99. The molecular weight excluding hydrogens is 460 g/mol. The number of nitrogens with two attached hydrogens (primary N) is 1. The molecule has 1 aromatic carbocycles. The Morgan fingerprint density at radius 3 is 2.67 bits per heavy atom. The number of nitrogen functional groups attached to an aromatic ring is 1. The zero-order valence-electron chi connectivity index (χ0n) is 19.6. The summed E-state index contributed by atoms with van der Waals surface area (Å²) in [6.07, 6.45) is 4.97. The Morgan fingerprint density at radius 1 is 1.33 bits per heavy atom. The Hall–Kier alpha value is -2.01. The number of thiazole rings is 1. The van der Waals surface area contributed by atoms with Crippen LogP contribution in [0.3, 0.4) is 0 Å². The summed E-state index contributed by atoms with van der Waals surface area (Å²) in [7, 11) is -1.55. The van der Waals surface area contributed by atoms with Crippen LogP contribution in [0.2, 0.25) is 0 Å². The van der Waals surface area contributed by atoms with Crippen LogP contribution in [0.25, 0.3) is 10.4 Å². The molecule has 1 atom stereocenters. The third-order valence-corrected chi connectivity index (χ3v) is 8.17. The summed E-state index contributed by atoms with van der Waals surface area (Å²) in [6, 6.07) is 5.49. The van der Waals surface area contributed by atoms with Gasteiger partial charge in [-0.2, -0.15) is 0 Å². The van der Waals surface area contributed by atoms with Gasteiger partial charge in [-0.3, -0.25) is 0 Å². The highest BCUT2D eigenvalue weighted by Crippen LogP contribution is 2.39. The van der Waals surface area contributed by atoms with Gasteiger partial charge in [0.25, 0.3) is 0 Å². The molecule has 1 heterocycles. The monoisotopic (exact) mass is 494 g/mol. The number of nitrogens with one attached hydrogen (secondary N) is 2. The first-order valence-electron chi connectivity index (χ1n) is 11.2. The zero-order chi connectivity index (χ0) is 24.2. The second-order valence-electron chi connectivity index (χ2n) is 9.38. The molecule has 1 aliphatic carbocycles. The quantitative estimate of drug-likeness (QED) is 0.412. The molecule has 3 rings (SSSR count). The van der Waals surface area contributed by atoms with Gasteiger partial charge in [0, 0.05) is 34.9 Å². The number of rotatable bonds is 8. The Balaban J connectivity index is 1.70. The first kappa shape index (κ1) is 25.6. The molecule has 0 spiro atoms. The second-order valence-corrected chi connectivity index (χ2v) is 11.6. The van der Waals surface area contributed by atoms with Crippen molar-refractivity contribution in [2.75, 3.05) is 12.3 Å². The van der Waals surface area contributed by atoms with Crippen LogP contribution in [0.5, 0.6) is 0 Å². The average Bonchev–Trinajstić information content (AvgIpc) is 3.23. The van der Waals surface area contributed by atoms with Crippen molar-refractivity contribution in [3.8, 4) is 10.4 Å². The Kier molecular flexibility index (Phi) is 8.49. The molecule has 182 valence electrons. The predicted molar refractivity (Wildman–Crippen MR) is 132 cm³/mol. The van der Waals surface area contributed by atoms with Gasteiger partial charge in [0.1, 0.15) is 11.0 Å². The van der Waals surface area contributed by atoms with E-state index >= 15 is 0 Å². The van der Waals surface area contributed by atoms with Crippen molar-refractivity contribution in [1.82, 2.24) is 15.0 Å². The van der Waals surface area contributed by atoms with Crippen LogP contribution in [0, 0.1) is 0 Å². The molecule has 8 nitrogen and oxygen atoms in total. The van der Waals surface area contributed by atoms with Gasteiger partial charge in [-0.05, 0) is 65.5 Å². The minimum Gasteiger partial charge on any atom is -0.447 e. The lowest BCUT2D eigenvalue weighted by molar-refractivity contribution is 0.109. The summed E-state index contributed by atoms with van der Waals surface area (Å²) in [5.41, 5.74) is 6.62. The molecule has 1 amide bonds. The van der Waals surface area contributed by atoms with E-state index in [0.29, 0.717) is 16.5 Å². The third-order valence-electron chi connectivity index (χ3n) is 5.50. The van der Waals surface area contributed by atoms with E-state index in [-0.39, 0.29) is 24.8 Å². The zero-order valence-corrected chi connectivity index (χ0v) is 21.2. The van der Waals surface area contributed by atoms with Crippen LogP contribution in [0.4, 0.5) is 10.5 Å². The molecule has 33 heavy (non-hydrogen) atoms. The maximum Gasteiger partial charge on any atom is 0.407 e. The van der Waals surface area contributed by atoms with Gasteiger partial charge in [0.2, 0.25) is 0 Å². The van der Waals surface area contributed by atoms with E-state index in [4.69, 9.17) is 10.5 Å². The predicted octanol–water partition coefficient (Wildman–Crippen LogP) is 3.94. The molecular formula is C23H34N4O4S2. The van der Waals surface area contributed by atoms with Crippen molar-refractivity contribution >= 4 is 34.1 Å². The lowest BCUT2D eigenvalue weighted by Crippen LogP contribution is -2.43. The second kappa shape index (κ2) is 10.9. The summed E-state index contributed by atoms with van der Waals surface area (Å²) in [4.78, 5) is 18.0. The highest BCUT2D eigenvalue weighted by Gasteiger charge is 2.27. The molecule has 2 aromatic rings. The van der Waals surface area contributed by atoms with Crippen molar-refractivity contribution in [2.45, 2.75) is 81.9 Å². The number of carbonyl (C=O) groups excluding carboxylic acids is 1. The molecule has 1 saturated carbocycles. The number of hydrogen-bond donors (Lipinski definition) is 4. The molecule has 0 aliphatic heterocycles. The smallest absolute Gasteiger partial charge is 0.407 e. The minimum absolute atomic E-state index is 0.124. The van der Waals surface area contributed by atoms with E-state index in [1.165, 1.54) is 0 Å². The van der Waals surface area contributed by atoms with Gasteiger partial charge in [-0.1, -0.05) is 6.07 Å². The Bertz CT molecular complexity index is 985. The summed E-state index contributed by atoms with van der Waals surface area (Å²) in [6.45, 7) is 7.10. The number of anilines is 1. The molecule has 1 unspecified atom stereocenters. The molecule has 1 aliphatic rings. The van der Waals surface area contributed by atoms with E-state index in [1.807, 2.05) is 26.1 Å². The van der Waals surface area contributed by atoms with Crippen molar-refractivity contribution in [3.63, 3.8) is 0 Å². The van der Waals surface area contributed by atoms with Crippen molar-refractivity contribution < 1.29 is 18.8 Å². The molecule has 5 N–H and O–H groups in total. The van der Waals surface area contributed by atoms with E-state index in [9.17, 15) is 14.1 Å². The minimum atomic E-state index is -1.55. The van der Waals surface area contributed by atoms with E-state index in [0.717, 1.165) is 41.1 Å². The van der Waals surface area contributed by atoms with Crippen LogP contribution in [0.1, 0.15) is 64.3 Å². The highest BCUT2D eigenvalue weighted by atomic mass is 32.2. The fourth-order valence-electron chi connectivity index (χ4n) is 3.73. The van der Waals surface area contributed by atoms with Crippen LogP contribution < -0.4 is 15.8 Å². The topological polar surface area (TPSA) is 127 Å². The molecule has 1 aromatic heterocycles. The lowest BCUT2D eigenvalue weighted by Gasteiger charge is -2.28. The number of ether oxygens (including phenoxy) is 1. The number of aromatic nitrogens is 1. The largest absolute Gasteiger partial charge is 0.447 e. The summed E-state index contributed by atoms with van der Waals surface area (Å²) < 4.78 is 21.2. The van der Waals surface area contributed by atoms with E-state index < -0.39 is 16.5 Å². The van der Waals surface area contributed by atoms with Crippen molar-refractivity contribution in [2.24, 2.45) is 0 Å². The van der Waals surface area contributed by atoms with Gasteiger partial charge in [0.15, 0.2) is 0 Å². The van der Waals surface area contributed by atoms with Gasteiger partial charge in [0.05, 0.1) is 27.5 Å². The number of hydrogen-bond acceptors (Lipinski definition) is 7. The molecule has 0 bridgehead atoms. The van der Waals surface area contributed by atoms with E-state index in [2.05, 4.69) is 15.0 Å². The first-order valence-corrected chi connectivity index (χ1v) is 13.2. The molecule has 1 fully saturated rings. The maximum atomic E-state index is 13.0. The number of carbonyl (C=O) groups is 1. The fourth-order valence-corrected chi connectivity index (χ4v) is 6.22. The van der Waals surface area contributed by atoms with Gasteiger partial charge < -0.3 is 20.9 Å². The molecule has 0 saturated heterocycles. The van der Waals surface area contributed by atoms with Crippen LogP contribution in [-0.4, -0.2) is 44.7 Å². The van der Waals surface area contributed by atoms with Gasteiger partial charge in [-0.15, -0.1) is 11.3 Å². The maximum absolute atomic E-state index is 13.0. The molecule has 0 radical (unpaired) electrons. The number of aliphatic hydroxyl groups is 1. The van der Waals surface area contributed by atoms with Crippen LogP contribution in [-0.2, 0) is 15.7 Å². The van der Waals surface area contributed by atoms with Gasteiger partial charge >= 0.3 is 6.09 Å². The summed E-state index contributed by atoms with van der Waals surface area (Å²) in [5.74, 6) is 0.331.